The molecule has 0 fully saturated rings. The number of methoxy groups -OCH3 is 1. The molecule has 0 aromatic heterocycles. The largest absolute Gasteiger partial charge is 0.494 e. The van der Waals surface area contributed by atoms with Crippen molar-refractivity contribution in [1.29, 1.82) is 0 Å². The van der Waals surface area contributed by atoms with E-state index in [1.165, 1.54) is 12.7 Å². The maximum Gasteiger partial charge on any atom is 0.333 e. The summed E-state index contributed by atoms with van der Waals surface area (Å²) < 4.78 is 10.8. The van der Waals surface area contributed by atoms with E-state index in [9.17, 15) is 9.70 Å². The third-order valence-corrected chi connectivity index (χ3v) is 5.57. The number of rotatable bonds is 13. The van der Waals surface area contributed by atoms with Gasteiger partial charge in [-0.1, -0.05) is 71.9 Å². The second-order valence-corrected chi connectivity index (χ2v) is 7.86. The topological polar surface area (TPSA) is 85.2 Å². The Hall–Kier alpha value is -3.51. The van der Waals surface area contributed by atoms with Crippen molar-refractivity contribution in [3.05, 3.63) is 94.9 Å². The zero-order valence-electron chi connectivity index (χ0n) is 18.7. The first kappa shape index (κ1) is 24.1. The van der Waals surface area contributed by atoms with Crippen LogP contribution in [0.25, 0.3) is 11.1 Å². The summed E-state index contributed by atoms with van der Waals surface area (Å²) in [4.78, 5) is 22.5. The lowest BCUT2D eigenvalue weighted by Crippen LogP contribution is -2.24. The molecule has 2 atom stereocenters. The lowest BCUT2D eigenvalue weighted by atomic mass is 9.99. The first-order chi connectivity index (χ1) is 16.1. The Labute approximate surface area is 194 Å². The summed E-state index contributed by atoms with van der Waals surface area (Å²) >= 11 is 0. The zero-order chi connectivity index (χ0) is 23.5. The Morgan fingerprint density at radius 3 is 2.18 bits per heavy atom. The summed E-state index contributed by atoms with van der Waals surface area (Å²) in [6.07, 6.45) is 1.65. The Morgan fingerprint density at radius 2 is 1.58 bits per heavy atom. The number of nitroso groups, excluding NO2 is 1. The highest BCUT2D eigenvalue weighted by Gasteiger charge is 2.17. The van der Waals surface area contributed by atoms with Crippen LogP contribution in [0.2, 0.25) is 0 Å². The number of nitrogens with zero attached hydrogens (tertiary/aromatic N) is 1. The molecule has 0 amide bonds. The average Bonchev–Trinajstić information content (AvgIpc) is 2.86. The molecule has 0 aliphatic rings. The molecular weight excluding hydrogens is 418 g/mol. The second kappa shape index (κ2) is 12.5. The molecule has 1 N–H and O–H groups in total. The van der Waals surface area contributed by atoms with E-state index in [1.807, 2.05) is 66.7 Å². The van der Waals surface area contributed by atoms with E-state index in [0.717, 1.165) is 35.3 Å². The minimum absolute atomic E-state index is 0.273. The Morgan fingerprint density at radius 1 is 0.909 bits per heavy atom. The predicted molar refractivity (Wildman–Crippen MR) is 128 cm³/mol. The standard InChI is InChI=1S/C27H29NO5/c1-32-26(27(29)30)19-20-10-12-23(13-11-20)25(28-31)9-5-6-18-33-24-16-14-22(15-17-24)21-7-3-2-4-8-21/h2-4,7-8,10-17,25-26H,5-6,9,18-19H2,1H3,(H,29,30)/t25?,26-/m0/s1. The van der Waals surface area contributed by atoms with E-state index in [-0.39, 0.29) is 6.42 Å². The van der Waals surface area contributed by atoms with Crippen LogP contribution in [0.3, 0.4) is 0 Å². The maximum atomic E-state index is 11.4. The van der Waals surface area contributed by atoms with Gasteiger partial charge in [0.05, 0.1) is 6.61 Å². The van der Waals surface area contributed by atoms with Gasteiger partial charge in [-0.25, -0.2) is 4.79 Å². The molecule has 0 heterocycles. The fourth-order valence-corrected chi connectivity index (χ4v) is 3.65. The van der Waals surface area contributed by atoms with Gasteiger partial charge in [0.15, 0.2) is 6.10 Å². The van der Waals surface area contributed by atoms with Gasteiger partial charge in [-0.2, -0.15) is 4.91 Å². The summed E-state index contributed by atoms with van der Waals surface area (Å²) in [6.45, 7) is 0.572. The SMILES string of the molecule is CO[C@@H](Cc1ccc(C(CCCCOc2ccc(-c3ccccc3)cc2)N=O)cc1)C(=O)O. The molecule has 3 aromatic rings. The van der Waals surface area contributed by atoms with Gasteiger partial charge in [-0.3, -0.25) is 0 Å². The van der Waals surface area contributed by atoms with Gasteiger partial charge in [-0.05, 0) is 53.6 Å². The molecule has 0 aliphatic carbocycles. The molecule has 0 aliphatic heterocycles. The summed E-state index contributed by atoms with van der Waals surface area (Å²) in [5, 5.41) is 12.4. The van der Waals surface area contributed by atoms with Crippen molar-refractivity contribution in [2.24, 2.45) is 5.18 Å². The van der Waals surface area contributed by atoms with Gasteiger partial charge >= 0.3 is 5.97 Å². The highest BCUT2D eigenvalue weighted by molar-refractivity contribution is 5.72. The van der Waals surface area contributed by atoms with Crippen LogP contribution < -0.4 is 4.74 Å². The molecule has 3 rings (SSSR count). The fourth-order valence-electron chi connectivity index (χ4n) is 3.65. The van der Waals surface area contributed by atoms with Gasteiger partial charge in [-0.15, -0.1) is 0 Å². The van der Waals surface area contributed by atoms with Crippen LogP contribution in [-0.2, 0) is 16.0 Å². The molecule has 0 radical (unpaired) electrons. The highest BCUT2D eigenvalue weighted by Crippen LogP contribution is 2.25. The van der Waals surface area contributed by atoms with Gasteiger partial charge in [0.1, 0.15) is 11.8 Å². The predicted octanol–water partition coefficient (Wildman–Crippen LogP) is 6.05. The Balaban J connectivity index is 1.42. The quantitative estimate of drug-likeness (QED) is 0.255. The molecule has 0 saturated heterocycles. The lowest BCUT2D eigenvalue weighted by Gasteiger charge is -2.13. The normalized spacial score (nSPS) is 12.6. The van der Waals surface area contributed by atoms with Crippen molar-refractivity contribution >= 4 is 5.97 Å². The molecule has 6 heteroatoms. The number of ether oxygens (including phenoxy) is 2. The van der Waals surface area contributed by atoms with Crippen molar-refractivity contribution in [1.82, 2.24) is 0 Å². The number of hydrogen-bond donors (Lipinski definition) is 1. The number of hydrogen-bond acceptors (Lipinski definition) is 5. The van der Waals surface area contributed by atoms with Gasteiger partial charge < -0.3 is 14.6 Å². The number of unbranched alkanes of at least 4 members (excludes halogenated alkanes) is 1. The summed E-state index contributed by atoms with van der Waals surface area (Å²) in [7, 11) is 1.38. The average molecular weight is 448 g/mol. The van der Waals surface area contributed by atoms with Gasteiger partial charge in [0.2, 0.25) is 0 Å². The molecule has 0 spiro atoms. The molecule has 3 aromatic carbocycles. The van der Waals surface area contributed by atoms with Crippen LogP contribution in [0.1, 0.15) is 36.4 Å². The zero-order valence-corrected chi connectivity index (χ0v) is 18.7. The number of carboxylic acids is 1. The van der Waals surface area contributed by atoms with Crippen LogP contribution in [-0.4, -0.2) is 30.9 Å². The van der Waals surface area contributed by atoms with E-state index < -0.39 is 18.1 Å². The van der Waals surface area contributed by atoms with Crippen molar-refractivity contribution in [3.63, 3.8) is 0 Å². The van der Waals surface area contributed by atoms with Crippen molar-refractivity contribution in [2.45, 2.75) is 37.8 Å². The number of carbonyl (C=O) groups is 1. The van der Waals surface area contributed by atoms with Crippen LogP contribution in [0.4, 0.5) is 0 Å². The second-order valence-electron chi connectivity index (χ2n) is 7.86. The van der Waals surface area contributed by atoms with Crippen LogP contribution >= 0.6 is 0 Å². The number of aliphatic carboxylic acids is 1. The molecule has 6 nitrogen and oxygen atoms in total. The van der Waals surface area contributed by atoms with E-state index >= 15 is 0 Å². The van der Waals surface area contributed by atoms with Gasteiger partial charge in [0.25, 0.3) is 0 Å². The van der Waals surface area contributed by atoms with E-state index in [2.05, 4.69) is 17.3 Å². The summed E-state index contributed by atoms with van der Waals surface area (Å²) in [5.41, 5.74) is 3.99. The molecule has 0 bridgehead atoms. The minimum Gasteiger partial charge on any atom is -0.494 e. The highest BCUT2D eigenvalue weighted by atomic mass is 16.5. The Kier molecular flexibility index (Phi) is 9.15. The lowest BCUT2D eigenvalue weighted by molar-refractivity contribution is -0.148. The van der Waals surface area contributed by atoms with E-state index in [0.29, 0.717) is 13.0 Å². The smallest absolute Gasteiger partial charge is 0.333 e. The first-order valence-electron chi connectivity index (χ1n) is 11.1. The van der Waals surface area contributed by atoms with E-state index in [1.54, 1.807) is 0 Å². The van der Waals surface area contributed by atoms with Crippen LogP contribution in [0.15, 0.2) is 84.0 Å². The summed E-state index contributed by atoms with van der Waals surface area (Å²) in [6, 6.07) is 25.1. The number of benzene rings is 3. The Bertz CT molecular complexity index is 1000. The molecule has 1 unspecified atom stereocenters. The molecular formula is C27H29NO5. The molecule has 33 heavy (non-hydrogen) atoms. The number of carboxylic acid groups (broad SMARTS) is 1. The van der Waals surface area contributed by atoms with Crippen molar-refractivity contribution < 1.29 is 19.4 Å². The van der Waals surface area contributed by atoms with Crippen molar-refractivity contribution in [2.75, 3.05) is 13.7 Å². The van der Waals surface area contributed by atoms with Crippen LogP contribution in [0.5, 0.6) is 5.75 Å². The molecule has 172 valence electrons. The van der Waals surface area contributed by atoms with Gasteiger partial charge in [0, 0.05) is 13.5 Å². The van der Waals surface area contributed by atoms with Crippen molar-refractivity contribution in [3.8, 4) is 16.9 Å². The summed E-state index contributed by atoms with van der Waals surface area (Å²) in [5.74, 6) is -0.172. The fraction of sp³-hybridized carbons (Fsp3) is 0.296. The third-order valence-electron chi connectivity index (χ3n) is 5.57. The van der Waals surface area contributed by atoms with E-state index in [4.69, 9.17) is 14.6 Å². The first-order valence-corrected chi connectivity index (χ1v) is 11.1. The minimum atomic E-state index is -0.997. The molecule has 0 saturated carbocycles. The monoisotopic (exact) mass is 447 g/mol. The third kappa shape index (κ3) is 7.26. The maximum absolute atomic E-state index is 11.4. The van der Waals surface area contributed by atoms with Crippen LogP contribution in [0, 0.1) is 4.91 Å².